The maximum Gasteiger partial charge on any atom is 0.343 e. The molecule has 1 aliphatic heterocycles. The second-order valence-corrected chi connectivity index (χ2v) is 5.87. The Morgan fingerprint density at radius 1 is 1.14 bits per heavy atom. The summed E-state index contributed by atoms with van der Waals surface area (Å²) in [5.74, 6) is -1.29. The zero-order valence-electron chi connectivity index (χ0n) is 15.0. The lowest BCUT2D eigenvalue weighted by atomic mass is 10.1. The van der Waals surface area contributed by atoms with E-state index in [1.165, 1.54) is 31.4 Å². The highest BCUT2D eigenvalue weighted by atomic mass is 19.1. The number of carbonyl (C=O) groups is 3. The minimum absolute atomic E-state index is 0.0236. The van der Waals surface area contributed by atoms with Gasteiger partial charge in [-0.2, -0.15) is 0 Å². The van der Waals surface area contributed by atoms with Gasteiger partial charge >= 0.3 is 12.0 Å². The second-order valence-electron chi connectivity index (χ2n) is 5.87. The number of hydrogen-bond donors (Lipinski definition) is 1. The van der Waals surface area contributed by atoms with Gasteiger partial charge in [-0.3, -0.25) is 9.69 Å². The summed E-state index contributed by atoms with van der Waals surface area (Å²) in [6.45, 7) is -0.481. The molecule has 3 rings (SSSR count). The first kappa shape index (κ1) is 19.1. The van der Waals surface area contributed by atoms with Crippen LogP contribution >= 0.6 is 0 Å². The third kappa shape index (κ3) is 4.17. The number of imide groups is 1. The largest absolute Gasteiger partial charge is 0.481 e. The summed E-state index contributed by atoms with van der Waals surface area (Å²) < 4.78 is 23.8. The Morgan fingerprint density at radius 3 is 2.61 bits per heavy atom. The molecule has 7 nitrogen and oxygen atoms in total. The lowest BCUT2D eigenvalue weighted by Crippen LogP contribution is -2.30. The van der Waals surface area contributed by atoms with Gasteiger partial charge in [0.25, 0.3) is 5.91 Å². The van der Waals surface area contributed by atoms with Gasteiger partial charge < -0.3 is 14.8 Å². The number of ether oxygens (including phenoxy) is 2. The van der Waals surface area contributed by atoms with Crippen molar-refractivity contribution in [3.63, 3.8) is 0 Å². The number of para-hydroxylation sites is 1. The number of urea groups is 1. The van der Waals surface area contributed by atoms with E-state index in [-0.39, 0.29) is 24.4 Å². The number of benzene rings is 2. The van der Waals surface area contributed by atoms with Crippen LogP contribution in [0.1, 0.15) is 11.1 Å². The standard InChI is InChI=1S/C20H17FN2O5/c1-27-18(24)12-28-17-9-5-3-6-13(17)10-16-19(25)23(20(26)22-16)11-14-7-2-4-8-15(14)21/h2-10H,11-12H2,1H3,(H,22,26)/b16-10+. The summed E-state index contributed by atoms with van der Waals surface area (Å²) in [6.07, 6.45) is 1.44. The minimum atomic E-state index is -0.646. The molecule has 0 atom stereocenters. The number of esters is 1. The third-order valence-electron chi connectivity index (χ3n) is 4.04. The Hall–Kier alpha value is -3.68. The second kappa shape index (κ2) is 8.34. The van der Waals surface area contributed by atoms with Gasteiger partial charge in [-0.25, -0.2) is 14.0 Å². The van der Waals surface area contributed by atoms with E-state index in [0.717, 1.165) is 4.90 Å². The van der Waals surface area contributed by atoms with Crippen LogP contribution in [0.3, 0.4) is 0 Å². The molecule has 28 heavy (non-hydrogen) atoms. The molecular formula is C20H17FN2O5. The van der Waals surface area contributed by atoms with Crippen molar-refractivity contribution in [3.8, 4) is 5.75 Å². The monoisotopic (exact) mass is 384 g/mol. The van der Waals surface area contributed by atoms with Crippen LogP contribution in [0.4, 0.5) is 9.18 Å². The van der Waals surface area contributed by atoms with E-state index in [0.29, 0.717) is 11.3 Å². The lowest BCUT2D eigenvalue weighted by molar-refractivity contribution is -0.142. The number of amides is 3. The van der Waals surface area contributed by atoms with Crippen LogP contribution in [-0.4, -0.2) is 36.5 Å². The van der Waals surface area contributed by atoms with Gasteiger partial charge in [0.15, 0.2) is 6.61 Å². The van der Waals surface area contributed by atoms with Crippen LogP contribution in [0.15, 0.2) is 54.2 Å². The molecule has 1 fully saturated rings. The van der Waals surface area contributed by atoms with Crippen molar-refractivity contribution >= 4 is 24.0 Å². The summed E-state index contributed by atoms with van der Waals surface area (Å²) in [7, 11) is 1.25. The van der Waals surface area contributed by atoms with E-state index in [2.05, 4.69) is 10.1 Å². The van der Waals surface area contributed by atoms with Crippen LogP contribution in [-0.2, 0) is 20.9 Å². The molecule has 0 radical (unpaired) electrons. The summed E-state index contributed by atoms with van der Waals surface area (Å²) in [5.41, 5.74) is 0.743. The van der Waals surface area contributed by atoms with Gasteiger partial charge in [0.05, 0.1) is 13.7 Å². The fraction of sp³-hybridized carbons (Fsp3) is 0.150. The summed E-state index contributed by atoms with van der Waals surface area (Å²) in [5, 5.41) is 2.47. The average molecular weight is 384 g/mol. The van der Waals surface area contributed by atoms with Crippen LogP contribution in [0.2, 0.25) is 0 Å². The third-order valence-corrected chi connectivity index (χ3v) is 4.04. The van der Waals surface area contributed by atoms with Crippen LogP contribution in [0.5, 0.6) is 5.75 Å². The Labute approximate surface area is 160 Å². The molecule has 0 spiro atoms. The number of rotatable bonds is 6. The zero-order valence-corrected chi connectivity index (χ0v) is 15.0. The zero-order chi connectivity index (χ0) is 20.1. The molecule has 1 aliphatic rings. The first-order valence-corrected chi connectivity index (χ1v) is 8.36. The van der Waals surface area contributed by atoms with Crippen molar-refractivity contribution in [2.45, 2.75) is 6.54 Å². The van der Waals surface area contributed by atoms with Crippen molar-refractivity contribution < 1.29 is 28.2 Å². The van der Waals surface area contributed by atoms with Crippen LogP contribution in [0, 0.1) is 5.82 Å². The summed E-state index contributed by atoms with van der Waals surface area (Å²) in [6, 6.07) is 12.0. The number of hydrogen-bond acceptors (Lipinski definition) is 5. The average Bonchev–Trinajstić information content (AvgIpc) is 2.96. The van der Waals surface area contributed by atoms with Gasteiger partial charge in [0, 0.05) is 11.1 Å². The number of nitrogens with zero attached hydrogens (tertiary/aromatic N) is 1. The molecule has 2 aromatic carbocycles. The number of methoxy groups -OCH3 is 1. The molecule has 0 bridgehead atoms. The molecule has 0 aliphatic carbocycles. The van der Waals surface area contributed by atoms with Crippen molar-refractivity contribution in [2.75, 3.05) is 13.7 Å². The van der Waals surface area contributed by atoms with E-state index in [4.69, 9.17) is 4.74 Å². The predicted molar refractivity (Wildman–Crippen MR) is 97.4 cm³/mol. The molecule has 1 saturated heterocycles. The number of nitrogens with one attached hydrogen (secondary N) is 1. The van der Waals surface area contributed by atoms with Crippen LogP contribution in [0.25, 0.3) is 6.08 Å². The van der Waals surface area contributed by atoms with Gasteiger partial charge in [0.2, 0.25) is 0 Å². The van der Waals surface area contributed by atoms with Crippen LogP contribution < -0.4 is 10.1 Å². The SMILES string of the molecule is COC(=O)COc1ccccc1/C=C1/NC(=O)N(Cc2ccccc2F)C1=O. The van der Waals surface area contributed by atoms with Gasteiger partial charge in [-0.1, -0.05) is 36.4 Å². The van der Waals surface area contributed by atoms with Crippen molar-refractivity contribution in [1.29, 1.82) is 0 Å². The maximum absolute atomic E-state index is 13.8. The molecule has 0 aromatic heterocycles. The first-order chi connectivity index (χ1) is 13.5. The Morgan fingerprint density at radius 2 is 1.86 bits per heavy atom. The smallest absolute Gasteiger partial charge is 0.343 e. The van der Waals surface area contributed by atoms with E-state index >= 15 is 0 Å². The van der Waals surface area contributed by atoms with Crippen molar-refractivity contribution in [1.82, 2.24) is 10.2 Å². The van der Waals surface area contributed by atoms with E-state index in [9.17, 15) is 18.8 Å². The molecule has 8 heteroatoms. The molecule has 1 N–H and O–H groups in total. The maximum atomic E-state index is 13.8. The minimum Gasteiger partial charge on any atom is -0.481 e. The fourth-order valence-corrected chi connectivity index (χ4v) is 2.59. The molecular weight excluding hydrogens is 367 g/mol. The van der Waals surface area contributed by atoms with Gasteiger partial charge in [-0.05, 0) is 18.2 Å². The highest BCUT2D eigenvalue weighted by molar-refractivity contribution is 6.14. The fourth-order valence-electron chi connectivity index (χ4n) is 2.59. The summed E-state index contributed by atoms with van der Waals surface area (Å²) >= 11 is 0. The Bertz CT molecular complexity index is 957. The van der Waals surface area contributed by atoms with Crippen molar-refractivity contribution in [2.24, 2.45) is 0 Å². The van der Waals surface area contributed by atoms with E-state index < -0.39 is 23.7 Å². The van der Waals surface area contributed by atoms with Crippen molar-refractivity contribution in [3.05, 3.63) is 71.2 Å². The molecule has 0 unspecified atom stereocenters. The normalized spacial score (nSPS) is 14.9. The molecule has 2 aromatic rings. The lowest BCUT2D eigenvalue weighted by Gasteiger charge is -2.12. The number of halogens is 1. The topological polar surface area (TPSA) is 84.9 Å². The number of carbonyl (C=O) groups excluding carboxylic acids is 3. The molecule has 144 valence electrons. The van der Waals surface area contributed by atoms with E-state index in [1.54, 1.807) is 30.3 Å². The Balaban J connectivity index is 1.80. The van der Waals surface area contributed by atoms with E-state index in [1.807, 2.05) is 0 Å². The highest BCUT2D eigenvalue weighted by Gasteiger charge is 2.34. The highest BCUT2D eigenvalue weighted by Crippen LogP contribution is 2.23. The summed E-state index contributed by atoms with van der Waals surface area (Å²) in [4.78, 5) is 37.0. The van der Waals surface area contributed by atoms with Gasteiger partial charge in [-0.15, -0.1) is 0 Å². The first-order valence-electron chi connectivity index (χ1n) is 8.36. The van der Waals surface area contributed by atoms with Gasteiger partial charge in [0.1, 0.15) is 17.3 Å². The quantitative estimate of drug-likeness (QED) is 0.470. The molecule has 1 heterocycles. The molecule has 0 saturated carbocycles. The molecule has 3 amide bonds. The Kier molecular flexibility index (Phi) is 5.69. The predicted octanol–water partition coefficient (Wildman–Crippen LogP) is 2.47.